The fourth-order valence-corrected chi connectivity index (χ4v) is 1.80. The number of aliphatic hydroxyl groups excluding tert-OH is 1. The van der Waals surface area contributed by atoms with Gasteiger partial charge in [-0.05, 0) is 29.3 Å². The van der Waals surface area contributed by atoms with E-state index in [2.05, 4.69) is 4.98 Å². The van der Waals surface area contributed by atoms with Crippen molar-refractivity contribution >= 4 is 5.82 Å². The van der Waals surface area contributed by atoms with Gasteiger partial charge < -0.3 is 15.6 Å². The average molecular weight is 244 g/mol. The van der Waals surface area contributed by atoms with Crippen molar-refractivity contribution in [3.05, 3.63) is 53.7 Å². The summed E-state index contributed by atoms with van der Waals surface area (Å²) in [5.74, 6) is 1.19. The number of hydrogen-bond acceptors (Lipinski definition) is 4. The SMILES string of the molecule is COc1cccc(C(O)Cc2cccnc2N)c1. The Balaban J connectivity index is 2.16. The van der Waals surface area contributed by atoms with E-state index in [1.54, 1.807) is 13.3 Å². The summed E-state index contributed by atoms with van der Waals surface area (Å²) in [6, 6.07) is 11.0. The first-order valence-corrected chi connectivity index (χ1v) is 5.72. The third-order valence-corrected chi connectivity index (χ3v) is 2.82. The molecule has 1 atom stereocenters. The second kappa shape index (κ2) is 5.51. The first-order chi connectivity index (χ1) is 8.70. The lowest BCUT2D eigenvalue weighted by atomic mass is 10.0. The van der Waals surface area contributed by atoms with Gasteiger partial charge in [0.1, 0.15) is 11.6 Å². The topological polar surface area (TPSA) is 68.4 Å². The lowest BCUT2D eigenvalue weighted by molar-refractivity contribution is 0.178. The number of ether oxygens (including phenoxy) is 1. The first-order valence-electron chi connectivity index (χ1n) is 5.72. The maximum atomic E-state index is 10.2. The van der Waals surface area contributed by atoms with Gasteiger partial charge in [0.05, 0.1) is 13.2 Å². The predicted octanol–water partition coefficient (Wildman–Crippen LogP) is 1.95. The molecule has 2 rings (SSSR count). The van der Waals surface area contributed by atoms with Crippen LogP contribution in [0.3, 0.4) is 0 Å². The van der Waals surface area contributed by atoms with Crippen molar-refractivity contribution in [2.75, 3.05) is 12.8 Å². The standard InChI is InChI=1S/C14H16N2O2/c1-18-12-6-2-4-10(8-12)13(17)9-11-5-3-7-16-14(11)15/h2-8,13,17H,9H2,1H3,(H2,15,16). The third-order valence-electron chi connectivity index (χ3n) is 2.82. The number of anilines is 1. The molecule has 94 valence electrons. The van der Waals surface area contributed by atoms with Crippen LogP contribution in [0.1, 0.15) is 17.2 Å². The molecule has 1 aromatic carbocycles. The van der Waals surface area contributed by atoms with E-state index in [9.17, 15) is 5.11 Å². The van der Waals surface area contributed by atoms with Crippen LogP contribution in [-0.2, 0) is 6.42 Å². The average Bonchev–Trinajstić information content (AvgIpc) is 2.41. The molecule has 0 saturated heterocycles. The van der Waals surface area contributed by atoms with Crippen LogP contribution in [0.4, 0.5) is 5.82 Å². The van der Waals surface area contributed by atoms with E-state index < -0.39 is 6.10 Å². The fraction of sp³-hybridized carbons (Fsp3) is 0.214. The fourth-order valence-electron chi connectivity index (χ4n) is 1.80. The zero-order valence-electron chi connectivity index (χ0n) is 10.2. The Labute approximate surface area is 106 Å². The molecule has 0 spiro atoms. The summed E-state index contributed by atoms with van der Waals surface area (Å²) >= 11 is 0. The normalized spacial score (nSPS) is 12.1. The van der Waals surface area contributed by atoms with Gasteiger partial charge in [-0.15, -0.1) is 0 Å². The van der Waals surface area contributed by atoms with E-state index in [0.717, 1.165) is 16.9 Å². The maximum Gasteiger partial charge on any atom is 0.126 e. The Morgan fingerprint density at radius 3 is 2.89 bits per heavy atom. The van der Waals surface area contributed by atoms with Crippen LogP contribution >= 0.6 is 0 Å². The van der Waals surface area contributed by atoms with Crippen molar-refractivity contribution in [3.8, 4) is 5.75 Å². The van der Waals surface area contributed by atoms with Gasteiger partial charge in [-0.2, -0.15) is 0 Å². The number of nitrogens with zero attached hydrogens (tertiary/aromatic N) is 1. The highest BCUT2D eigenvalue weighted by Crippen LogP contribution is 2.23. The monoisotopic (exact) mass is 244 g/mol. The van der Waals surface area contributed by atoms with Gasteiger partial charge in [0, 0.05) is 12.6 Å². The van der Waals surface area contributed by atoms with E-state index in [-0.39, 0.29) is 0 Å². The van der Waals surface area contributed by atoms with Crippen LogP contribution in [0, 0.1) is 0 Å². The second-order valence-electron chi connectivity index (χ2n) is 4.04. The summed E-state index contributed by atoms with van der Waals surface area (Å²) in [6.07, 6.45) is 1.45. The maximum absolute atomic E-state index is 10.2. The van der Waals surface area contributed by atoms with Gasteiger partial charge in [0.2, 0.25) is 0 Å². The first kappa shape index (κ1) is 12.4. The molecule has 1 aromatic heterocycles. The Morgan fingerprint density at radius 1 is 1.33 bits per heavy atom. The molecule has 0 radical (unpaired) electrons. The van der Waals surface area contributed by atoms with Crippen LogP contribution in [0.25, 0.3) is 0 Å². The highest BCUT2D eigenvalue weighted by molar-refractivity contribution is 5.40. The quantitative estimate of drug-likeness (QED) is 0.862. The number of nitrogens with two attached hydrogens (primary N) is 1. The second-order valence-corrected chi connectivity index (χ2v) is 4.04. The molecule has 0 aliphatic carbocycles. The summed E-state index contributed by atoms with van der Waals surface area (Å²) in [6.45, 7) is 0. The summed E-state index contributed by atoms with van der Waals surface area (Å²) < 4.78 is 5.13. The number of methoxy groups -OCH3 is 1. The van der Waals surface area contributed by atoms with Crippen molar-refractivity contribution in [2.45, 2.75) is 12.5 Å². The van der Waals surface area contributed by atoms with Gasteiger partial charge in [0.25, 0.3) is 0 Å². The van der Waals surface area contributed by atoms with Gasteiger partial charge in [-0.3, -0.25) is 0 Å². The van der Waals surface area contributed by atoms with Gasteiger partial charge >= 0.3 is 0 Å². The van der Waals surface area contributed by atoms with Gasteiger partial charge in [-0.25, -0.2) is 4.98 Å². The number of pyridine rings is 1. The van der Waals surface area contributed by atoms with E-state index in [1.807, 2.05) is 36.4 Å². The molecule has 18 heavy (non-hydrogen) atoms. The van der Waals surface area contributed by atoms with Crippen LogP contribution < -0.4 is 10.5 Å². The van der Waals surface area contributed by atoms with Crippen molar-refractivity contribution in [2.24, 2.45) is 0 Å². The van der Waals surface area contributed by atoms with Crippen molar-refractivity contribution in [1.82, 2.24) is 4.98 Å². The molecule has 0 aliphatic rings. The molecule has 0 bridgehead atoms. The van der Waals surface area contributed by atoms with E-state index in [4.69, 9.17) is 10.5 Å². The zero-order valence-corrected chi connectivity index (χ0v) is 10.2. The Bertz CT molecular complexity index is 529. The van der Waals surface area contributed by atoms with Gasteiger partial charge in [0.15, 0.2) is 0 Å². The molecule has 0 saturated carbocycles. The minimum atomic E-state index is -0.619. The summed E-state index contributed by atoms with van der Waals surface area (Å²) in [5.41, 5.74) is 7.40. The molecule has 1 unspecified atom stereocenters. The minimum Gasteiger partial charge on any atom is -0.497 e. The molecular formula is C14H16N2O2. The molecule has 1 heterocycles. The van der Waals surface area contributed by atoms with Crippen LogP contribution in [0.2, 0.25) is 0 Å². The molecule has 3 N–H and O–H groups in total. The summed E-state index contributed by atoms with van der Waals surface area (Å²) in [5, 5.41) is 10.2. The predicted molar refractivity (Wildman–Crippen MR) is 70.3 cm³/mol. The van der Waals surface area contributed by atoms with Crippen molar-refractivity contribution in [1.29, 1.82) is 0 Å². The smallest absolute Gasteiger partial charge is 0.126 e. The molecule has 0 amide bonds. The lowest BCUT2D eigenvalue weighted by Gasteiger charge is -2.13. The molecule has 4 heteroatoms. The number of aromatic nitrogens is 1. The van der Waals surface area contributed by atoms with E-state index >= 15 is 0 Å². The van der Waals surface area contributed by atoms with E-state index in [1.165, 1.54) is 0 Å². The van der Waals surface area contributed by atoms with Crippen LogP contribution in [0.5, 0.6) is 5.75 Å². The Hall–Kier alpha value is -2.07. The molecular weight excluding hydrogens is 228 g/mol. The Kier molecular flexibility index (Phi) is 3.79. The van der Waals surface area contributed by atoms with Crippen LogP contribution in [0.15, 0.2) is 42.6 Å². The molecule has 0 fully saturated rings. The summed E-state index contributed by atoms with van der Waals surface area (Å²) in [4.78, 5) is 4.00. The third kappa shape index (κ3) is 2.78. The van der Waals surface area contributed by atoms with E-state index in [0.29, 0.717) is 12.2 Å². The van der Waals surface area contributed by atoms with Crippen LogP contribution in [-0.4, -0.2) is 17.2 Å². The highest BCUT2D eigenvalue weighted by Gasteiger charge is 2.11. The van der Waals surface area contributed by atoms with Crippen molar-refractivity contribution < 1.29 is 9.84 Å². The number of nitrogen functional groups attached to an aromatic ring is 1. The molecule has 0 aliphatic heterocycles. The van der Waals surface area contributed by atoms with Crippen molar-refractivity contribution in [3.63, 3.8) is 0 Å². The number of benzene rings is 1. The van der Waals surface area contributed by atoms with Gasteiger partial charge in [-0.1, -0.05) is 18.2 Å². The number of rotatable bonds is 4. The highest BCUT2D eigenvalue weighted by atomic mass is 16.5. The Morgan fingerprint density at radius 2 is 2.17 bits per heavy atom. The number of hydrogen-bond donors (Lipinski definition) is 2. The molecule has 2 aromatic rings. The minimum absolute atomic E-state index is 0.437. The largest absolute Gasteiger partial charge is 0.497 e. The summed E-state index contributed by atoms with van der Waals surface area (Å²) in [7, 11) is 1.60. The zero-order chi connectivity index (χ0) is 13.0. The lowest BCUT2D eigenvalue weighted by Crippen LogP contribution is -2.05. The number of aliphatic hydroxyl groups is 1. The molecule has 4 nitrogen and oxygen atoms in total.